The van der Waals surface area contributed by atoms with E-state index >= 15 is 0 Å². The van der Waals surface area contributed by atoms with Crippen LogP contribution in [0.15, 0.2) is 42.6 Å². The van der Waals surface area contributed by atoms with E-state index in [0.717, 1.165) is 24.1 Å². The number of carbonyl (C=O) groups is 1. The van der Waals surface area contributed by atoms with Crippen molar-refractivity contribution in [3.05, 3.63) is 53.9 Å². The second-order valence-corrected chi connectivity index (χ2v) is 9.52. The average molecular weight is 403 g/mol. The second kappa shape index (κ2) is 7.67. The molecule has 2 atom stereocenters. The fourth-order valence-corrected chi connectivity index (χ4v) is 6.32. The van der Waals surface area contributed by atoms with Crippen molar-refractivity contribution in [2.24, 2.45) is 7.05 Å². The number of likely N-dealkylation sites (tertiary alicyclic amines) is 1. The summed E-state index contributed by atoms with van der Waals surface area (Å²) in [5, 5.41) is 4.13. The number of sulfonamides is 1. The molecule has 1 amide bonds. The van der Waals surface area contributed by atoms with Gasteiger partial charge in [-0.05, 0) is 30.9 Å². The molecule has 0 unspecified atom stereocenters. The number of nitrogens with zero attached hydrogens (tertiary/aromatic N) is 4. The monoisotopic (exact) mass is 402 g/mol. The molecule has 1 aromatic carbocycles. The molecule has 4 rings (SSSR count). The summed E-state index contributed by atoms with van der Waals surface area (Å²) in [6, 6.07) is 11.1. The maximum absolute atomic E-state index is 13.0. The minimum absolute atomic E-state index is 0.00425. The van der Waals surface area contributed by atoms with Gasteiger partial charge in [0.2, 0.25) is 15.9 Å². The van der Waals surface area contributed by atoms with Gasteiger partial charge in [0.25, 0.3) is 0 Å². The molecule has 150 valence electrons. The van der Waals surface area contributed by atoms with E-state index < -0.39 is 10.0 Å². The van der Waals surface area contributed by atoms with Crippen LogP contribution in [0, 0.1) is 0 Å². The van der Waals surface area contributed by atoms with Gasteiger partial charge >= 0.3 is 0 Å². The Hall–Kier alpha value is -2.19. The van der Waals surface area contributed by atoms with Crippen molar-refractivity contribution < 1.29 is 13.2 Å². The molecule has 28 heavy (non-hydrogen) atoms. The van der Waals surface area contributed by atoms with Gasteiger partial charge in [0.05, 0.1) is 5.75 Å². The zero-order chi connectivity index (χ0) is 19.7. The van der Waals surface area contributed by atoms with Crippen LogP contribution in [0.3, 0.4) is 0 Å². The number of hydrogen-bond acceptors (Lipinski definition) is 4. The Morgan fingerprint density at radius 3 is 2.57 bits per heavy atom. The van der Waals surface area contributed by atoms with Gasteiger partial charge in [0.1, 0.15) is 0 Å². The summed E-state index contributed by atoms with van der Waals surface area (Å²) < 4.78 is 29.3. The summed E-state index contributed by atoms with van der Waals surface area (Å²) in [6.07, 6.45) is 4.25. The van der Waals surface area contributed by atoms with Crippen molar-refractivity contribution in [2.45, 2.75) is 43.5 Å². The van der Waals surface area contributed by atoms with Gasteiger partial charge in [-0.2, -0.15) is 9.40 Å². The molecule has 2 aliphatic rings. The van der Waals surface area contributed by atoms with Gasteiger partial charge in [-0.15, -0.1) is 0 Å². The van der Waals surface area contributed by atoms with Gasteiger partial charge in [-0.3, -0.25) is 9.48 Å². The van der Waals surface area contributed by atoms with Crippen molar-refractivity contribution in [1.29, 1.82) is 0 Å². The molecule has 0 radical (unpaired) electrons. The topological polar surface area (TPSA) is 75.5 Å². The van der Waals surface area contributed by atoms with Crippen molar-refractivity contribution in [3.63, 3.8) is 0 Å². The third-order valence-electron chi connectivity index (χ3n) is 5.91. The number of rotatable bonds is 6. The number of aryl methyl sites for hydroxylation is 2. The van der Waals surface area contributed by atoms with E-state index in [0.29, 0.717) is 25.9 Å². The minimum atomic E-state index is -3.39. The highest BCUT2D eigenvalue weighted by molar-refractivity contribution is 7.88. The lowest BCUT2D eigenvalue weighted by Crippen LogP contribution is -2.41. The maximum Gasteiger partial charge on any atom is 0.223 e. The van der Waals surface area contributed by atoms with E-state index in [1.54, 1.807) is 15.2 Å². The maximum atomic E-state index is 13.0. The van der Waals surface area contributed by atoms with Gasteiger partial charge in [0.15, 0.2) is 0 Å². The minimum Gasteiger partial charge on any atom is -0.338 e. The molecule has 8 heteroatoms. The molecule has 0 N–H and O–H groups in total. The highest BCUT2D eigenvalue weighted by Crippen LogP contribution is 2.34. The highest BCUT2D eigenvalue weighted by Gasteiger charge is 2.48. The van der Waals surface area contributed by atoms with Gasteiger partial charge in [0, 0.05) is 50.5 Å². The third-order valence-corrected chi connectivity index (χ3v) is 7.78. The number of aromatic nitrogens is 2. The van der Waals surface area contributed by atoms with E-state index in [1.165, 1.54) is 0 Å². The zero-order valence-corrected chi connectivity index (χ0v) is 16.9. The number of fused-ring (bicyclic) bond motifs is 1. The van der Waals surface area contributed by atoms with Crippen LogP contribution in [0.4, 0.5) is 0 Å². The van der Waals surface area contributed by atoms with Gasteiger partial charge < -0.3 is 4.90 Å². The first-order valence-electron chi connectivity index (χ1n) is 9.75. The molecule has 0 aliphatic carbocycles. The Labute approximate surface area is 166 Å². The Bertz CT molecular complexity index is 941. The SMILES string of the molecule is Cn1nccc1CCC(=O)N1CC[C@H]2[C@@H]1CCN2S(=O)(=O)Cc1ccccc1. The first-order chi connectivity index (χ1) is 13.5. The summed E-state index contributed by atoms with van der Waals surface area (Å²) in [5.74, 6) is 0.127. The van der Waals surface area contributed by atoms with E-state index in [1.807, 2.05) is 48.3 Å². The van der Waals surface area contributed by atoms with Crippen LogP contribution in [0.2, 0.25) is 0 Å². The Morgan fingerprint density at radius 2 is 1.86 bits per heavy atom. The van der Waals surface area contributed by atoms with Crippen LogP contribution in [-0.2, 0) is 34.0 Å². The summed E-state index contributed by atoms with van der Waals surface area (Å²) in [5.41, 5.74) is 1.83. The molecule has 0 bridgehead atoms. The predicted octanol–water partition coefficient (Wildman–Crippen LogP) is 1.56. The molecule has 7 nitrogen and oxygen atoms in total. The molecular weight excluding hydrogens is 376 g/mol. The quantitative estimate of drug-likeness (QED) is 0.735. The van der Waals surface area contributed by atoms with E-state index in [2.05, 4.69) is 5.10 Å². The molecule has 0 saturated carbocycles. The molecule has 3 heterocycles. The smallest absolute Gasteiger partial charge is 0.223 e. The number of amides is 1. The molecular formula is C20H26N4O3S. The summed E-state index contributed by atoms with van der Waals surface area (Å²) in [7, 11) is -1.51. The van der Waals surface area contributed by atoms with Crippen molar-refractivity contribution in [2.75, 3.05) is 13.1 Å². The molecule has 2 aromatic rings. The largest absolute Gasteiger partial charge is 0.338 e. The second-order valence-electron chi connectivity index (χ2n) is 7.60. The standard InChI is InChI=1S/C20H26N4O3S/c1-22-17(9-12-21-22)7-8-20(25)23-13-10-19-18(23)11-14-24(19)28(26,27)15-16-5-3-2-4-6-16/h2-6,9,12,18-19H,7-8,10-11,13-15H2,1H3/t18-,19-/m0/s1. The lowest BCUT2D eigenvalue weighted by Gasteiger charge is -2.25. The van der Waals surface area contributed by atoms with E-state index in [4.69, 9.17) is 0 Å². The van der Waals surface area contributed by atoms with Crippen LogP contribution < -0.4 is 0 Å². The Kier molecular flexibility index (Phi) is 5.25. The Morgan fingerprint density at radius 1 is 1.11 bits per heavy atom. The highest BCUT2D eigenvalue weighted by atomic mass is 32.2. The van der Waals surface area contributed by atoms with Gasteiger partial charge in [-0.25, -0.2) is 8.42 Å². The summed E-state index contributed by atoms with van der Waals surface area (Å²) >= 11 is 0. The average Bonchev–Trinajstić information content (AvgIpc) is 3.36. The van der Waals surface area contributed by atoms with Crippen molar-refractivity contribution in [1.82, 2.24) is 19.0 Å². The zero-order valence-electron chi connectivity index (χ0n) is 16.1. The summed E-state index contributed by atoms with van der Waals surface area (Å²) in [6.45, 7) is 1.13. The molecule has 0 spiro atoms. The number of benzene rings is 1. The molecule has 2 aliphatic heterocycles. The van der Waals surface area contributed by atoms with Crippen molar-refractivity contribution >= 4 is 15.9 Å². The molecule has 2 saturated heterocycles. The normalized spacial score (nSPS) is 22.5. The Balaban J connectivity index is 1.40. The fraction of sp³-hybridized carbons (Fsp3) is 0.500. The lowest BCUT2D eigenvalue weighted by molar-refractivity contribution is -0.132. The third kappa shape index (κ3) is 3.71. The summed E-state index contributed by atoms with van der Waals surface area (Å²) in [4.78, 5) is 14.7. The molecule has 1 aromatic heterocycles. The van der Waals surface area contributed by atoms with Crippen LogP contribution in [0.1, 0.15) is 30.5 Å². The molecule has 2 fully saturated rings. The van der Waals surface area contributed by atoms with Crippen molar-refractivity contribution in [3.8, 4) is 0 Å². The van der Waals surface area contributed by atoms with Crippen LogP contribution in [0.5, 0.6) is 0 Å². The van der Waals surface area contributed by atoms with Gasteiger partial charge in [-0.1, -0.05) is 30.3 Å². The van der Waals surface area contributed by atoms with Crippen LogP contribution in [0.25, 0.3) is 0 Å². The number of hydrogen-bond donors (Lipinski definition) is 0. The van der Waals surface area contributed by atoms with Crippen LogP contribution >= 0.6 is 0 Å². The lowest BCUT2D eigenvalue weighted by atomic mass is 10.1. The van der Waals surface area contributed by atoms with E-state index in [-0.39, 0.29) is 23.7 Å². The fourth-order valence-electron chi connectivity index (χ4n) is 4.49. The van der Waals surface area contributed by atoms with E-state index in [9.17, 15) is 13.2 Å². The van der Waals surface area contributed by atoms with Crippen LogP contribution in [-0.4, -0.2) is 58.5 Å². The first-order valence-corrected chi connectivity index (χ1v) is 11.4. The first kappa shape index (κ1) is 19.1. The predicted molar refractivity (Wildman–Crippen MR) is 106 cm³/mol. The number of carbonyl (C=O) groups excluding carboxylic acids is 1.